The van der Waals surface area contributed by atoms with Crippen LogP contribution in [-0.2, 0) is 0 Å². The molecule has 0 spiro atoms. The Morgan fingerprint density at radius 2 is 2.25 bits per heavy atom. The number of hydrogen-bond acceptors (Lipinski definition) is 2. The van der Waals surface area contributed by atoms with Crippen LogP contribution in [0.3, 0.4) is 0 Å². The third kappa shape index (κ3) is 2.83. The third-order valence-corrected chi connectivity index (χ3v) is 2.43. The molecule has 2 heteroatoms. The number of nitriles is 1. The van der Waals surface area contributed by atoms with E-state index in [0.717, 1.165) is 19.4 Å². The van der Waals surface area contributed by atoms with Crippen molar-refractivity contribution in [2.24, 2.45) is 11.8 Å². The van der Waals surface area contributed by atoms with Crippen molar-refractivity contribution >= 4 is 0 Å². The lowest BCUT2D eigenvalue weighted by atomic mass is 10.1. The first-order chi connectivity index (χ1) is 5.72. The van der Waals surface area contributed by atoms with Gasteiger partial charge in [0.25, 0.3) is 0 Å². The zero-order chi connectivity index (χ0) is 8.97. The summed E-state index contributed by atoms with van der Waals surface area (Å²) in [6.07, 6.45) is 3.33. The fourth-order valence-electron chi connectivity index (χ4n) is 1.69. The second-order valence-corrected chi connectivity index (χ2v) is 4.14. The first-order valence-corrected chi connectivity index (χ1v) is 4.85. The maximum Gasteiger partial charge on any atom is 0.0656 e. The molecule has 0 heterocycles. The van der Waals surface area contributed by atoms with Gasteiger partial charge in [0.1, 0.15) is 0 Å². The molecule has 0 amide bonds. The van der Waals surface area contributed by atoms with Crippen LogP contribution < -0.4 is 5.32 Å². The van der Waals surface area contributed by atoms with Crippen molar-refractivity contribution in [3.05, 3.63) is 0 Å². The molecule has 1 aliphatic rings. The van der Waals surface area contributed by atoms with Crippen LogP contribution in [0.25, 0.3) is 0 Å². The van der Waals surface area contributed by atoms with Gasteiger partial charge in [-0.3, -0.25) is 0 Å². The molecule has 2 unspecified atom stereocenters. The van der Waals surface area contributed by atoms with E-state index in [2.05, 4.69) is 25.2 Å². The molecule has 0 saturated heterocycles. The van der Waals surface area contributed by atoms with Crippen LogP contribution in [0, 0.1) is 23.2 Å². The topological polar surface area (TPSA) is 35.8 Å². The fourth-order valence-corrected chi connectivity index (χ4v) is 1.69. The Bertz CT molecular complexity index is 169. The van der Waals surface area contributed by atoms with Crippen molar-refractivity contribution in [1.82, 2.24) is 5.32 Å². The zero-order valence-corrected chi connectivity index (χ0v) is 8.01. The first kappa shape index (κ1) is 9.54. The molecule has 0 aromatic carbocycles. The van der Waals surface area contributed by atoms with Gasteiger partial charge in [-0.25, -0.2) is 0 Å². The van der Waals surface area contributed by atoms with Gasteiger partial charge in [0.15, 0.2) is 0 Å². The van der Waals surface area contributed by atoms with Gasteiger partial charge >= 0.3 is 0 Å². The smallest absolute Gasteiger partial charge is 0.0656 e. The Hall–Kier alpha value is -0.550. The second kappa shape index (κ2) is 4.47. The van der Waals surface area contributed by atoms with Crippen molar-refractivity contribution in [1.29, 1.82) is 5.26 Å². The molecule has 0 bridgehead atoms. The number of nitrogens with one attached hydrogen (secondary N) is 1. The molecule has 0 radical (unpaired) electrons. The van der Waals surface area contributed by atoms with Crippen LogP contribution in [0.15, 0.2) is 0 Å². The average Bonchev–Trinajstić information content (AvgIpc) is 2.48. The summed E-state index contributed by atoms with van der Waals surface area (Å²) in [4.78, 5) is 0. The van der Waals surface area contributed by atoms with Gasteiger partial charge in [0.05, 0.1) is 6.07 Å². The average molecular weight is 166 g/mol. The molecule has 1 rings (SSSR count). The SMILES string of the molecule is CC(C)CNC1CCC(C#N)C1. The van der Waals surface area contributed by atoms with Crippen LogP contribution in [0.1, 0.15) is 33.1 Å². The second-order valence-electron chi connectivity index (χ2n) is 4.14. The lowest BCUT2D eigenvalue weighted by molar-refractivity contribution is 0.463. The predicted octanol–water partition coefficient (Wildman–Crippen LogP) is 1.92. The fraction of sp³-hybridized carbons (Fsp3) is 0.900. The summed E-state index contributed by atoms with van der Waals surface area (Å²) in [6, 6.07) is 2.95. The van der Waals surface area contributed by atoms with Crippen molar-refractivity contribution in [2.75, 3.05) is 6.54 Å². The quantitative estimate of drug-likeness (QED) is 0.695. The molecule has 1 N–H and O–H groups in total. The Balaban J connectivity index is 2.16. The van der Waals surface area contributed by atoms with Crippen LogP contribution in [0.4, 0.5) is 0 Å². The predicted molar refractivity (Wildman–Crippen MR) is 49.6 cm³/mol. The molecule has 0 aliphatic heterocycles. The standard InChI is InChI=1S/C10H18N2/c1-8(2)7-12-10-4-3-9(5-10)6-11/h8-10,12H,3-5,7H2,1-2H3. The van der Waals surface area contributed by atoms with E-state index >= 15 is 0 Å². The molecule has 68 valence electrons. The molecule has 0 aromatic rings. The number of hydrogen-bond donors (Lipinski definition) is 1. The van der Waals surface area contributed by atoms with Crippen molar-refractivity contribution in [3.8, 4) is 6.07 Å². The first-order valence-electron chi connectivity index (χ1n) is 4.85. The summed E-state index contributed by atoms with van der Waals surface area (Å²) in [5.41, 5.74) is 0. The monoisotopic (exact) mass is 166 g/mol. The normalized spacial score (nSPS) is 29.2. The van der Waals surface area contributed by atoms with E-state index in [4.69, 9.17) is 5.26 Å². The molecule has 1 saturated carbocycles. The van der Waals surface area contributed by atoms with E-state index in [1.54, 1.807) is 0 Å². The van der Waals surface area contributed by atoms with Crippen LogP contribution in [0.5, 0.6) is 0 Å². The minimum atomic E-state index is 0.315. The lowest BCUT2D eigenvalue weighted by Crippen LogP contribution is -2.29. The van der Waals surface area contributed by atoms with E-state index in [0.29, 0.717) is 17.9 Å². The van der Waals surface area contributed by atoms with E-state index in [-0.39, 0.29) is 0 Å². The number of nitrogens with zero attached hydrogens (tertiary/aromatic N) is 1. The molecule has 12 heavy (non-hydrogen) atoms. The van der Waals surface area contributed by atoms with Crippen molar-refractivity contribution in [3.63, 3.8) is 0 Å². The lowest BCUT2D eigenvalue weighted by Gasteiger charge is -2.13. The van der Waals surface area contributed by atoms with E-state index in [1.165, 1.54) is 6.42 Å². The van der Waals surface area contributed by atoms with Crippen LogP contribution >= 0.6 is 0 Å². The summed E-state index contributed by atoms with van der Waals surface area (Å²) in [5, 5.41) is 12.2. The molecule has 1 fully saturated rings. The Morgan fingerprint density at radius 1 is 1.50 bits per heavy atom. The molecule has 2 atom stereocenters. The molecular formula is C10H18N2. The Morgan fingerprint density at radius 3 is 2.75 bits per heavy atom. The van der Waals surface area contributed by atoms with Gasteiger partial charge in [-0.15, -0.1) is 0 Å². The summed E-state index contributed by atoms with van der Waals surface area (Å²) < 4.78 is 0. The largest absolute Gasteiger partial charge is 0.314 e. The highest BCUT2D eigenvalue weighted by Crippen LogP contribution is 2.24. The highest BCUT2D eigenvalue weighted by Gasteiger charge is 2.23. The van der Waals surface area contributed by atoms with Gasteiger partial charge in [-0.1, -0.05) is 13.8 Å². The number of rotatable bonds is 3. The van der Waals surface area contributed by atoms with E-state index < -0.39 is 0 Å². The molecule has 0 aromatic heterocycles. The summed E-state index contributed by atoms with van der Waals surface area (Å²) in [7, 11) is 0. The van der Waals surface area contributed by atoms with Gasteiger partial charge in [-0.05, 0) is 31.7 Å². The molecule has 1 aliphatic carbocycles. The maximum absolute atomic E-state index is 8.68. The molecule has 2 nitrogen and oxygen atoms in total. The zero-order valence-electron chi connectivity index (χ0n) is 8.01. The van der Waals surface area contributed by atoms with Gasteiger partial charge in [0.2, 0.25) is 0 Å². The maximum atomic E-state index is 8.68. The highest BCUT2D eigenvalue weighted by molar-refractivity contribution is 4.92. The van der Waals surface area contributed by atoms with Gasteiger partial charge < -0.3 is 5.32 Å². The van der Waals surface area contributed by atoms with Crippen molar-refractivity contribution in [2.45, 2.75) is 39.2 Å². The minimum Gasteiger partial charge on any atom is -0.314 e. The van der Waals surface area contributed by atoms with Crippen molar-refractivity contribution < 1.29 is 0 Å². The van der Waals surface area contributed by atoms with Crippen LogP contribution in [0.2, 0.25) is 0 Å². The molecular weight excluding hydrogens is 148 g/mol. The Labute approximate surface area is 75.0 Å². The van der Waals surface area contributed by atoms with Gasteiger partial charge in [0, 0.05) is 12.0 Å². The summed E-state index contributed by atoms with van der Waals surface area (Å²) in [5.74, 6) is 1.03. The van der Waals surface area contributed by atoms with E-state index in [9.17, 15) is 0 Å². The highest BCUT2D eigenvalue weighted by atomic mass is 14.9. The van der Waals surface area contributed by atoms with Crippen LogP contribution in [-0.4, -0.2) is 12.6 Å². The summed E-state index contributed by atoms with van der Waals surface area (Å²) in [6.45, 7) is 5.51. The minimum absolute atomic E-state index is 0.315. The van der Waals surface area contributed by atoms with E-state index in [1.807, 2.05) is 0 Å². The summed E-state index contributed by atoms with van der Waals surface area (Å²) >= 11 is 0. The Kier molecular flexibility index (Phi) is 3.55. The third-order valence-electron chi connectivity index (χ3n) is 2.43. The van der Waals surface area contributed by atoms with Gasteiger partial charge in [-0.2, -0.15) is 5.26 Å².